The summed E-state index contributed by atoms with van der Waals surface area (Å²) >= 11 is 1.83. The molecule has 28 atom stereocenters. The molecule has 36 heteroatoms. The van der Waals surface area contributed by atoms with Crippen LogP contribution in [0.3, 0.4) is 0 Å². The van der Waals surface area contributed by atoms with Crippen LogP contribution in [0.15, 0.2) is 0 Å². The van der Waals surface area contributed by atoms with E-state index in [4.69, 9.17) is 66.3 Å². The van der Waals surface area contributed by atoms with E-state index in [0.717, 1.165) is 31.4 Å². The lowest BCUT2D eigenvalue weighted by molar-refractivity contribution is -0.326. The van der Waals surface area contributed by atoms with Gasteiger partial charge in [-0.25, -0.2) is 4.79 Å². The standard InChI is InChI=1S/C58H103N3O32S/c62-23-30-38(67)42(71)46(75)53(89-30)84-19-7-14-80-27-34-50(81-16-8-20-85-54-47(76)43(72)39(68)31(24-63)90-54)51(82-17-9-21-86-55-48(77)44(73)40(69)32(25-64)91-55)52(83-18-10-22-87-56-49(78)45(74)41(70)33(26-65)92-56)57(93-34)88-15-6-2-1-5-13-59-36(66)12-4-3-11-35-37-29(28-94-35)60-58(79)61-37/h29-35,37-57,62-65,67-78H,1-28H2,(H,59,66)(H2,60,61,79)/t29-,30+,31+,32+,33+,34+,35-,37-,38+,39+,40+,41+,42-,43-,44-,45-,46-,47-,48-,49-,50+,51-,52+,53-,54-,55-,56-,57+/m0/s1. The van der Waals surface area contributed by atoms with Gasteiger partial charge in [-0.2, -0.15) is 11.8 Å². The summed E-state index contributed by atoms with van der Waals surface area (Å²) in [6.07, 6.45) is -30.1. The summed E-state index contributed by atoms with van der Waals surface area (Å²) in [7, 11) is 0. The van der Waals surface area contributed by atoms with Crippen LogP contribution in [0.2, 0.25) is 0 Å². The van der Waals surface area contributed by atoms with Crippen LogP contribution >= 0.6 is 11.8 Å². The van der Waals surface area contributed by atoms with Gasteiger partial charge in [0.25, 0.3) is 0 Å². The molecule has 7 fully saturated rings. The van der Waals surface area contributed by atoms with Gasteiger partial charge in [0.2, 0.25) is 5.91 Å². The predicted octanol–water partition coefficient (Wildman–Crippen LogP) is -7.87. The molecule has 7 aliphatic heterocycles. The highest BCUT2D eigenvalue weighted by Crippen LogP contribution is 2.35. The molecule has 7 rings (SSSR count). The fraction of sp³-hybridized carbons (Fsp3) is 0.966. The number of nitrogens with one attached hydrogen (secondary N) is 3. The summed E-state index contributed by atoms with van der Waals surface area (Å²) in [6, 6.07) is 0.115. The van der Waals surface area contributed by atoms with E-state index in [1.54, 1.807) is 0 Å². The molecular weight excluding hydrogens is 1280 g/mol. The number of amides is 3. The summed E-state index contributed by atoms with van der Waals surface area (Å²) in [4.78, 5) is 24.5. The highest BCUT2D eigenvalue weighted by molar-refractivity contribution is 8.00. The van der Waals surface area contributed by atoms with Crippen LogP contribution in [-0.2, 0) is 71.1 Å². The van der Waals surface area contributed by atoms with E-state index in [9.17, 15) is 91.3 Å². The van der Waals surface area contributed by atoms with Crippen molar-refractivity contribution in [3.05, 3.63) is 0 Å². The van der Waals surface area contributed by atoms with Gasteiger partial charge in [-0.05, 0) is 51.4 Å². The molecule has 3 amide bonds. The molecule has 94 heavy (non-hydrogen) atoms. The number of carbonyl (C=O) groups excluding carboxylic acids is 2. The Hall–Kier alpha value is -2.11. The number of hydrogen-bond acceptors (Lipinski definition) is 33. The van der Waals surface area contributed by atoms with Gasteiger partial charge in [0.15, 0.2) is 31.5 Å². The fourth-order valence-electron chi connectivity index (χ4n) is 11.9. The van der Waals surface area contributed by atoms with Crippen molar-refractivity contribution in [3.63, 3.8) is 0 Å². The van der Waals surface area contributed by atoms with E-state index >= 15 is 0 Å². The SMILES string of the molecule is O=C(CCCC[C@@H]1SC[C@@H]2NC(=O)N[C@@H]21)NCCCCCCO[C@@H]1O[C@H](COCCCO[C@H]2O[C@H](CO)[C@@H](O)[C@H](O)[C@@H]2O)[C@@H](OCCCO[C@H]2O[C@H](CO)[C@@H](O)[C@H](O)[C@@H]2O)[C@H](OCCCO[C@H]2O[C@H](CO)[C@@H](O)[C@H](O)[C@@H]2O)[C@H]1OCCCO[C@H]1O[C@H](CO)[C@@H](O)[C@H](O)[C@@H]1O. The second kappa shape index (κ2) is 41.0. The largest absolute Gasteiger partial charge is 0.394 e. The third-order valence-electron chi connectivity index (χ3n) is 17.4. The summed E-state index contributed by atoms with van der Waals surface area (Å²) in [5.41, 5.74) is 0. The monoisotopic (exact) mass is 1390 g/mol. The quantitative estimate of drug-likeness (QED) is 0.0199. The van der Waals surface area contributed by atoms with Crippen LogP contribution in [-0.4, -0.2) is 369 Å². The van der Waals surface area contributed by atoms with E-state index in [-0.39, 0.29) is 116 Å². The number of unbranched alkanes of at least 4 members (excludes halogenated alkanes) is 4. The third-order valence-corrected chi connectivity index (χ3v) is 18.9. The lowest BCUT2D eigenvalue weighted by atomic mass is 9.98. The summed E-state index contributed by atoms with van der Waals surface area (Å²) in [6.45, 7) is -3.18. The molecule has 0 aromatic rings. The van der Waals surface area contributed by atoms with Crippen LogP contribution in [0.5, 0.6) is 0 Å². The van der Waals surface area contributed by atoms with E-state index in [2.05, 4.69) is 16.0 Å². The van der Waals surface area contributed by atoms with Crippen molar-refractivity contribution in [2.75, 3.05) is 105 Å². The van der Waals surface area contributed by atoms with Crippen LogP contribution in [0, 0.1) is 0 Å². The van der Waals surface area contributed by atoms with Crippen LogP contribution in [0.4, 0.5) is 4.79 Å². The van der Waals surface area contributed by atoms with Gasteiger partial charge in [0.05, 0.1) is 71.5 Å². The summed E-state index contributed by atoms with van der Waals surface area (Å²) in [5, 5.41) is 173. The number of fused-ring (bicyclic) bond motifs is 1. The smallest absolute Gasteiger partial charge is 0.315 e. The number of ether oxygens (including phenoxy) is 14. The minimum Gasteiger partial charge on any atom is -0.394 e. The highest BCUT2D eigenvalue weighted by Gasteiger charge is 2.51. The zero-order chi connectivity index (χ0) is 67.8. The van der Waals surface area contributed by atoms with Gasteiger partial charge in [0.1, 0.15) is 122 Å². The van der Waals surface area contributed by atoms with Crippen molar-refractivity contribution in [1.82, 2.24) is 16.0 Å². The zero-order valence-corrected chi connectivity index (χ0v) is 53.4. The molecule has 0 aromatic carbocycles. The number of hydrogen-bond donors (Lipinski definition) is 19. The van der Waals surface area contributed by atoms with Crippen molar-refractivity contribution >= 4 is 23.7 Å². The van der Waals surface area contributed by atoms with Gasteiger partial charge >= 0.3 is 6.03 Å². The minimum absolute atomic E-state index is 0.00143. The maximum absolute atomic E-state index is 12.7. The van der Waals surface area contributed by atoms with E-state index in [0.29, 0.717) is 37.5 Å². The zero-order valence-electron chi connectivity index (χ0n) is 52.6. The minimum atomic E-state index is -1.70. The third kappa shape index (κ3) is 22.4. The molecule has 0 unspecified atom stereocenters. The fourth-order valence-corrected chi connectivity index (χ4v) is 13.4. The molecule has 7 aliphatic rings. The number of carbonyl (C=O) groups is 2. The van der Waals surface area contributed by atoms with Crippen molar-refractivity contribution in [2.45, 2.75) is 248 Å². The molecule has 35 nitrogen and oxygen atoms in total. The van der Waals surface area contributed by atoms with E-state index < -0.39 is 180 Å². The Morgan fingerprint density at radius 3 is 1.28 bits per heavy atom. The van der Waals surface area contributed by atoms with E-state index in [1.165, 1.54) is 0 Å². The van der Waals surface area contributed by atoms with Crippen LogP contribution in [0.1, 0.15) is 77.0 Å². The second-order valence-corrected chi connectivity index (χ2v) is 25.6. The Balaban J connectivity index is 1.02. The Morgan fingerprint density at radius 2 is 0.809 bits per heavy atom. The lowest BCUT2D eigenvalue weighted by Gasteiger charge is -2.46. The summed E-state index contributed by atoms with van der Waals surface area (Å²) in [5.74, 6) is 0.825. The van der Waals surface area contributed by atoms with E-state index in [1.807, 2.05) is 11.8 Å². The summed E-state index contributed by atoms with van der Waals surface area (Å²) < 4.78 is 84.0. The molecule has 548 valence electrons. The molecular formula is C58H103N3O32S. The topological polar surface area (TPSA) is 523 Å². The molecule has 0 aliphatic carbocycles. The Bertz CT molecular complexity index is 2130. The first kappa shape index (κ1) is 79.2. The average molecular weight is 1390 g/mol. The van der Waals surface area contributed by atoms with Gasteiger partial charge < -0.3 is 164 Å². The van der Waals surface area contributed by atoms with Crippen LogP contribution < -0.4 is 16.0 Å². The molecule has 0 radical (unpaired) electrons. The van der Waals surface area contributed by atoms with Crippen molar-refractivity contribution in [1.29, 1.82) is 0 Å². The molecule has 7 heterocycles. The van der Waals surface area contributed by atoms with Gasteiger partial charge in [-0.3, -0.25) is 4.79 Å². The highest BCUT2D eigenvalue weighted by atomic mass is 32.2. The average Bonchev–Trinajstić information content (AvgIpc) is 0.919. The maximum atomic E-state index is 12.7. The molecule has 0 bridgehead atoms. The molecule has 19 N–H and O–H groups in total. The van der Waals surface area contributed by atoms with Gasteiger partial charge in [0, 0.05) is 57.0 Å². The first-order valence-corrected chi connectivity index (χ1v) is 33.7. The molecule has 0 aromatic heterocycles. The van der Waals surface area contributed by atoms with Crippen molar-refractivity contribution < 1.29 is 158 Å². The Kier molecular flexibility index (Phi) is 34.5. The van der Waals surface area contributed by atoms with Crippen molar-refractivity contribution in [3.8, 4) is 0 Å². The number of urea groups is 1. The van der Waals surface area contributed by atoms with Gasteiger partial charge in [-0.1, -0.05) is 19.3 Å². The van der Waals surface area contributed by atoms with Crippen molar-refractivity contribution in [2.24, 2.45) is 0 Å². The molecule has 0 spiro atoms. The molecule has 0 saturated carbocycles. The Labute approximate surface area is 548 Å². The number of thioether (sulfide) groups is 1. The predicted molar refractivity (Wildman–Crippen MR) is 317 cm³/mol. The van der Waals surface area contributed by atoms with Gasteiger partial charge in [-0.15, -0.1) is 0 Å². The number of rotatable bonds is 42. The number of aliphatic hydroxyl groups is 16. The maximum Gasteiger partial charge on any atom is 0.315 e. The first-order valence-electron chi connectivity index (χ1n) is 32.7. The second-order valence-electron chi connectivity index (χ2n) is 24.3. The lowest BCUT2D eigenvalue weighted by Crippen LogP contribution is -2.62. The molecule has 7 saturated heterocycles. The Morgan fingerprint density at radius 1 is 0.415 bits per heavy atom. The first-order chi connectivity index (χ1) is 45.3. The normalized spacial score (nSPS) is 40.1. The van der Waals surface area contributed by atoms with Crippen LogP contribution in [0.25, 0.3) is 0 Å². The number of aliphatic hydroxyl groups excluding tert-OH is 16.